The Kier molecular flexibility index (Phi) is 6.56. The number of carbonyl (C=O) groups excluding carboxylic acids is 2. The molecule has 2 heterocycles. The van der Waals surface area contributed by atoms with Gasteiger partial charge in [-0.05, 0) is 69.5 Å². The molecule has 1 saturated heterocycles. The molecule has 6 heteroatoms. The van der Waals surface area contributed by atoms with Gasteiger partial charge in [0.15, 0.2) is 0 Å². The maximum atomic E-state index is 13.2. The van der Waals surface area contributed by atoms with Crippen LogP contribution in [-0.4, -0.2) is 49.5 Å². The second kappa shape index (κ2) is 9.52. The Bertz CT molecular complexity index is 937. The van der Waals surface area contributed by atoms with Crippen LogP contribution in [0.4, 0.5) is 11.4 Å². The van der Waals surface area contributed by atoms with Gasteiger partial charge < -0.3 is 15.0 Å². The van der Waals surface area contributed by atoms with Gasteiger partial charge in [0.05, 0.1) is 19.3 Å². The van der Waals surface area contributed by atoms with E-state index < -0.39 is 0 Å². The summed E-state index contributed by atoms with van der Waals surface area (Å²) in [4.78, 5) is 30.0. The molecule has 2 aliphatic rings. The number of methoxy groups -OCH3 is 1. The molecule has 0 aromatic heterocycles. The summed E-state index contributed by atoms with van der Waals surface area (Å²) in [5.41, 5.74) is 3.00. The summed E-state index contributed by atoms with van der Waals surface area (Å²) >= 11 is 0. The monoisotopic (exact) mass is 421 g/mol. The van der Waals surface area contributed by atoms with E-state index in [9.17, 15) is 9.59 Å². The lowest BCUT2D eigenvalue weighted by atomic mass is 9.95. The van der Waals surface area contributed by atoms with Gasteiger partial charge in [-0.1, -0.05) is 30.3 Å². The standard InChI is InChI=1S/C25H31N3O3/c1-18-11-12-19-7-3-5-9-22(19)28(18)24(29)17-27-15-13-20(14-16-27)25(30)26-21-8-4-6-10-23(21)31-2/h3-10,18,20H,11-17H2,1-2H3,(H,26,30). The van der Waals surface area contributed by atoms with Gasteiger partial charge in [0.1, 0.15) is 5.75 Å². The number of hydrogen-bond donors (Lipinski definition) is 1. The molecule has 2 aliphatic heterocycles. The lowest BCUT2D eigenvalue weighted by Crippen LogP contribution is -2.49. The van der Waals surface area contributed by atoms with Gasteiger partial charge in [0.25, 0.3) is 0 Å². The van der Waals surface area contributed by atoms with Gasteiger partial charge in [-0.15, -0.1) is 0 Å². The Morgan fingerprint density at radius 1 is 1.03 bits per heavy atom. The Morgan fingerprint density at radius 3 is 2.52 bits per heavy atom. The van der Waals surface area contributed by atoms with E-state index in [4.69, 9.17) is 4.74 Å². The highest BCUT2D eigenvalue weighted by molar-refractivity contribution is 5.97. The van der Waals surface area contributed by atoms with E-state index >= 15 is 0 Å². The molecular weight excluding hydrogens is 390 g/mol. The van der Waals surface area contributed by atoms with Gasteiger partial charge in [-0.25, -0.2) is 0 Å². The molecule has 6 nitrogen and oxygen atoms in total. The summed E-state index contributed by atoms with van der Waals surface area (Å²) in [6, 6.07) is 15.9. The zero-order chi connectivity index (χ0) is 21.8. The minimum Gasteiger partial charge on any atom is -0.495 e. The summed E-state index contributed by atoms with van der Waals surface area (Å²) in [6.07, 6.45) is 3.52. The van der Waals surface area contributed by atoms with E-state index in [0.717, 1.165) is 44.5 Å². The van der Waals surface area contributed by atoms with Crippen LogP contribution in [0.15, 0.2) is 48.5 Å². The van der Waals surface area contributed by atoms with Gasteiger partial charge in [-0.2, -0.15) is 0 Å². The van der Waals surface area contributed by atoms with Crippen LogP contribution in [0.3, 0.4) is 0 Å². The molecule has 1 unspecified atom stereocenters. The molecule has 0 radical (unpaired) electrons. The topological polar surface area (TPSA) is 61.9 Å². The smallest absolute Gasteiger partial charge is 0.241 e. The SMILES string of the molecule is COc1ccccc1NC(=O)C1CCN(CC(=O)N2c3ccccc3CCC2C)CC1. The minimum absolute atomic E-state index is 0.0223. The van der Waals surface area contributed by atoms with Crippen LogP contribution in [-0.2, 0) is 16.0 Å². The predicted octanol–water partition coefficient (Wildman–Crippen LogP) is 3.71. The number of aryl methyl sites for hydroxylation is 1. The fourth-order valence-electron chi connectivity index (χ4n) is 4.67. The van der Waals surface area contributed by atoms with Crippen molar-refractivity contribution in [3.8, 4) is 5.75 Å². The van der Waals surface area contributed by atoms with E-state index in [1.807, 2.05) is 41.3 Å². The summed E-state index contributed by atoms with van der Waals surface area (Å²) < 4.78 is 5.32. The maximum absolute atomic E-state index is 13.2. The number of rotatable bonds is 5. The normalized spacial score (nSPS) is 19.5. The molecular formula is C25H31N3O3. The Morgan fingerprint density at radius 2 is 1.74 bits per heavy atom. The van der Waals surface area contributed by atoms with E-state index in [0.29, 0.717) is 18.0 Å². The van der Waals surface area contributed by atoms with Crippen molar-refractivity contribution in [3.05, 3.63) is 54.1 Å². The summed E-state index contributed by atoms with van der Waals surface area (Å²) in [7, 11) is 1.60. The first kappa shape index (κ1) is 21.4. The number of benzene rings is 2. The van der Waals surface area contributed by atoms with Crippen molar-refractivity contribution in [2.24, 2.45) is 5.92 Å². The number of fused-ring (bicyclic) bond motifs is 1. The van der Waals surface area contributed by atoms with Crippen molar-refractivity contribution in [2.75, 3.05) is 37.0 Å². The lowest BCUT2D eigenvalue weighted by Gasteiger charge is -2.38. The highest BCUT2D eigenvalue weighted by Crippen LogP contribution is 2.31. The van der Waals surface area contributed by atoms with Gasteiger partial charge in [-0.3, -0.25) is 14.5 Å². The van der Waals surface area contributed by atoms with Crippen LogP contribution < -0.4 is 15.0 Å². The quantitative estimate of drug-likeness (QED) is 0.799. The number of nitrogens with one attached hydrogen (secondary N) is 1. The minimum atomic E-state index is -0.0501. The number of carbonyl (C=O) groups is 2. The summed E-state index contributed by atoms with van der Waals surface area (Å²) in [5.74, 6) is 0.784. The molecule has 0 aliphatic carbocycles. The zero-order valence-corrected chi connectivity index (χ0v) is 18.3. The molecule has 2 aromatic rings. The third-order valence-corrected chi connectivity index (χ3v) is 6.47. The highest BCUT2D eigenvalue weighted by Gasteiger charge is 2.31. The molecule has 164 valence electrons. The van der Waals surface area contributed by atoms with Crippen LogP contribution >= 0.6 is 0 Å². The second-order valence-electron chi connectivity index (χ2n) is 8.52. The third kappa shape index (κ3) is 4.74. The predicted molar refractivity (Wildman–Crippen MR) is 122 cm³/mol. The van der Waals surface area contributed by atoms with Crippen LogP contribution in [0.5, 0.6) is 5.75 Å². The molecule has 31 heavy (non-hydrogen) atoms. The molecule has 0 spiro atoms. The maximum Gasteiger partial charge on any atom is 0.241 e. The van der Waals surface area contributed by atoms with Gasteiger partial charge >= 0.3 is 0 Å². The summed E-state index contributed by atoms with van der Waals surface area (Å²) in [5, 5.41) is 3.00. The number of para-hydroxylation sites is 3. The molecule has 1 fully saturated rings. The van der Waals surface area contributed by atoms with Crippen LogP contribution in [0.1, 0.15) is 31.7 Å². The van der Waals surface area contributed by atoms with Crippen molar-refractivity contribution in [1.82, 2.24) is 4.90 Å². The molecule has 1 N–H and O–H groups in total. The van der Waals surface area contributed by atoms with Crippen LogP contribution in [0, 0.1) is 5.92 Å². The number of hydrogen-bond acceptors (Lipinski definition) is 4. The van der Waals surface area contributed by atoms with Crippen LogP contribution in [0.25, 0.3) is 0 Å². The fourth-order valence-corrected chi connectivity index (χ4v) is 4.67. The van der Waals surface area contributed by atoms with Crippen LogP contribution in [0.2, 0.25) is 0 Å². The lowest BCUT2D eigenvalue weighted by molar-refractivity contribution is -0.122. The van der Waals surface area contributed by atoms with Crippen molar-refractivity contribution in [3.63, 3.8) is 0 Å². The fraction of sp³-hybridized carbons (Fsp3) is 0.440. The number of nitrogens with zero attached hydrogens (tertiary/aromatic N) is 2. The van der Waals surface area contributed by atoms with Gasteiger partial charge in [0.2, 0.25) is 11.8 Å². The number of piperidine rings is 1. The van der Waals surface area contributed by atoms with Crippen molar-refractivity contribution < 1.29 is 14.3 Å². The van der Waals surface area contributed by atoms with Crippen molar-refractivity contribution in [1.29, 1.82) is 0 Å². The average Bonchev–Trinajstić information content (AvgIpc) is 2.79. The Hall–Kier alpha value is -2.86. The van der Waals surface area contributed by atoms with E-state index in [1.165, 1.54) is 5.56 Å². The number of anilines is 2. The second-order valence-corrected chi connectivity index (χ2v) is 8.52. The average molecular weight is 422 g/mol. The van der Waals surface area contributed by atoms with E-state index in [-0.39, 0.29) is 23.8 Å². The molecule has 1 atom stereocenters. The first-order chi connectivity index (χ1) is 15.1. The van der Waals surface area contributed by atoms with Crippen molar-refractivity contribution >= 4 is 23.2 Å². The van der Waals surface area contributed by atoms with Gasteiger partial charge in [0, 0.05) is 17.6 Å². The first-order valence-electron chi connectivity index (χ1n) is 11.1. The Labute approximate surface area is 184 Å². The molecule has 0 saturated carbocycles. The summed E-state index contributed by atoms with van der Waals surface area (Å²) in [6.45, 7) is 4.03. The van der Waals surface area contributed by atoms with Crippen molar-refractivity contribution in [2.45, 2.75) is 38.6 Å². The number of amides is 2. The largest absolute Gasteiger partial charge is 0.495 e. The highest BCUT2D eigenvalue weighted by atomic mass is 16.5. The molecule has 0 bridgehead atoms. The Balaban J connectivity index is 1.32. The molecule has 2 amide bonds. The van der Waals surface area contributed by atoms with E-state index in [2.05, 4.69) is 29.3 Å². The zero-order valence-electron chi connectivity index (χ0n) is 18.3. The molecule has 4 rings (SSSR count). The molecule has 2 aromatic carbocycles. The third-order valence-electron chi connectivity index (χ3n) is 6.47. The number of likely N-dealkylation sites (tertiary alicyclic amines) is 1. The van der Waals surface area contributed by atoms with E-state index in [1.54, 1.807) is 7.11 Å². The first-order valence-corrected chi connectivity index (χ1v) is 11.1. The number of ether oxygens (including phenoxy) is 1.